The third kappa shape index (κ3) is 38.5. The summed E-state index contributed by atoms with van der Waals surface area (Å²) in [6, 6.07) is 0. The second-order valence-corrected chi connectivity index (χ2v) is 8.49. The average Bonchev–Trinajstić information content (AvgIpc) is 2.58. The zero-order valence-corrected chi connectivity index (χ0v) is 21.5. The van der Waals surface area contributed by atoms with Crippen LogP contribution in [0.25, 0.3) is 0 Å². The first-order valence-electron chi connectivity index (χ1n) is 10.3. The third-order valence-electron chi connectivity index (χ3n) is 4.18. The molecule has 0 aliphatic rings. The van der Waals surface area contributed by atoms with Crippen LogP contribution in [-0.2, 0) is 13.4 Å². The maximum Gasteiger partial charge on any atom is 1.00 e. The van der Waals surface area contributed by atoms with Crippen molar-refractivity contribution in [3.05, 3.63) is 0 Å². The van der Waals surface area contributed by atoms with Gasteiger partial charge in [0.1, 0.15) is 8.25 Å². The molecule has 0 radical (unpaired) electrons. The minimum Gasteiger partial charge on any atom is -0.781 e. The molecule has 0 aliphatic carbocycles. The number of hydrogen-bond acceptors (Lipinski definition) is 5. The maximum atomic E-state index is 9.40. The first-order chi connectivity index (χ1) is 12.5. The second kappa shape index (κ2) is 29.5. The van der Waals surface area contributed by atoms with E-state index in [1.165, 1.54) is 96.3 Å². The third-order valence-corrected chi connectivity index (χ3v) is 5.55. The van der Waals surface area contributed by atoms with E-state index in [0.717, 1.165) is 6.42 Å². The molecule has 27 heavy (non-hydrogen) atoms. The number of rotatable bonds is 18. The molecule has 0 rings (SSSR count). The Kier molecular flexibility index (Phi) is 36.0. The van der Waals surface area contributed by atoms with E-state index in [1.807, 2.05) is 0 Å². The molecule has 0 spiro atoms. The Labute approximate surface area is 190 Å². The van der Waals surface area contributed by atoms with Gasteiger partial charge in [0.25, 0.3) is 0 Å². The van der Waals surface area contributed by atoms with Gasteiger partial charge in [0.15, 0.2) is 0 Å². The largest absolute Gasteiger partial charge is 1.00 e. The van der Waals surface area contributed by atoms with Crippen molar-refractivity contribution in [1.29, 1.82) is 0 Å². The fourth-order valence-electron chi connectivity index (χ4n) is 2.73. The fraction of sp³-hybridized carbons (Fsp3) is 1.00. The molecule has 0 saturated heterocycles. The molecule has 0 amide bonds. The molecule has 6 nitrogen and oxygen atoms in total. The van der Waals surface area contributed by atoms with E-state index in [-0.39, 0.29) is 29.6 Å². The van der Waals surface area contributed by atoms with Crippen molar-refractivity contribution >= 4 is 16.5 Å². The Morgan fingerprint density at radius 1 is 0.704 bits per heavy atom. The first-order valence-corrected chi connectivity index (χ1v) is 12.8. The van der Waals surface area contributed by atoms with Gasteiger partial charge in [-0.05, 0) is 6.42 Å². The molecule has 0 aliphatic heterocycles. The molecule has 0 heterocycles. The van der Waals surface area contributed by atoms with Gasteiger partial charge in [0.2, 0.25) is 0 Å². The Bertz CT molecular complexity index is 294. The summed E-state index contributed by atoms with van der Waals surface area (Å²) in [7, 11) is -6.72. The fourth-order valence-corrected chi connectivity index (χ4v) is 3.30. The summed E-state index contributed by atoms with van der Waals surface area (Å²) >= 11 is 0. The molecule has 0 saturated carbocycles. The van der Waals surface area contributed by atoms with Crippen LogP contribution in [-0.4, -0.2) is 16.6 Å². The summed E-state index contributed by atoms with van der Waals surface area (Å²) in [5, 5.41) is 8.67. The summed E-state index contributed by atoms with van der Waals surface area (Å²) < 4.78 is 22.1. The van der Waals surface area contributed by atoms with E-state index in [2.05, 4.69) is 11.2 Å². The molecular weight excluding hydrogens is 397 g/mol. The van der Waals surface area contributed by atoms with Gasteiger partial charge in [-0.2, -0.15) is 0 Å². The molecule has 160 valence electrons. The van der Waals surface area contributed by atoms with Gasteiger partial charge in [-0.15, -0.1) is 0 Å². The van der Waals surface area contributed by atoms with Crippen LogP contribution in [0, 0.1) is 0 Å². The molecule has 0 aromatic heterocycles. The van der Waals surface area contributed by atoms with Gasteiger partial charge in [-0.3, -0.25) is 8.88 Å². The van der Waals surface area contributed by atoms with Crippen molar-refractivity contribution in [2.45, 2.75) is 110 Å². The zero-order chi connectivity index (χ0) is 19.9. The van der Waals surface area contributed by atoms with Crippen molar-refractivity contribution in [3.63, 3.8) is 0 Å². The SMILES string of the molecule is CCCCCCCCCCCCCCCCCCO.O=[PH]([O-])O[PH](=O)O.[Na+]. The smallest absolute Gasteiger partial charge is 0.781 e. The van der Waals surface area contributed by atoms with Gasteiger partial charge in [0, 0.05) is 6.61 Å². The van der Waals surface area contributed by atoms with Crippen LogP contribution >= 0.6 is 16.5 Å². The van der Waals surface area contributed by atoms with Gasteiger partial charge >= 0.3 is 37.8 Å². The van der Waals surface area contributed by atoms with Crippen LogP contribution in [0.4, 0.5) is 0 Å². The molecular formula is C18H41NaO6P2. The molecule has 9 heteroatoms. The van der Waals surface area contributed by atoms with Gasteiger partial charge in [-0.1, -0.05) is 103 Å². The quantitative estimate of drug-likeness (QED) is 0.193. The van der Waals surface area contributed by atoms with E-state index in [4.69, 9.17) is 10.00 Å². The first kappa shape index (κ1) is 33.0. The number of aliphatic hydroxyl groups is 1. The Balaban J connectivity index is -0.000000612. The molecule has 2 atom stereocenters. The van der Waals surface area contributed by atoms with Crippen molar-refractivity contribution < 1.29 is 57.9 Å². The molecule has 0 bridgehead atoms. The number of hydrogen-bond donors (Lipinski definition) is 2. The summed E-state index contributed by atoms with van der Waals surface area (Å²) in [5.41, 5.74) is 0. The molecule has 2 N–H and O–H groups in total. The van der Waals surface area contributed by atoms with Crippen LogP contribution in [0.2, 0.25) is 0 Å². The Morgan fingerprint density at radius 3 is 1.19 bits per heavy atom. The van der Waals surface area contributed by atoms with Gasteiger partial charge in [0.05, 0.1) is 0 Å². The van der Waals surface area contributed by atoms with Crippen molar-refractivity contribution in [2.75, 3.05) is 6.61 Å². The maximum absolute atomic E-state index is 9.40. The molecule has 0 fully saturated rings. The standard InChI is InChI=1S/C18H38O.Na.H4O5P2/c1-2-3-4-5-6-7-8-9-10-11-12-13-14-15-16-17-18-19;;1-6(2)5-7(3)4/h19H,2-18H2,1H3;;6-7H,(H,1,2)(H,3,4)/q;+1;/p-1. The molecule has 0 aromatic rings. The van der Waals surface area contributed by atoms with Gasteiger partial charge in [-0.25, -0.2) is 0 Å². The average molecular weight is 438 g/mol. The second-order valence-electron chi connectivity index (χ2n) is 6.64. The summed E-state index contributed by atoms with van der Waals surface area (Å²) in [6.45, 7) is 2.66. The Hall–Kier alpha value is 1.30. The van der Waals surface area contributed by atoms with Crippen LogP contribution < -0.4 is 34.5 Å². The van der Waals surface area contributed by atoms with Crippen LogP contribution in [0.3, 0.4) is 0 Å². The Morgan fingerprint density at radius 2 is 1.00 bits per heavy atom. The predicted molar refractivity (Wildman–Crippen MR) is 108 cm³/mol. The zero-order valence-electron chi connectivity index (χ0n) is 17.5. The topological polar surface area (TPSA) is 107 Å². The van der Waals surface area contributed by atoms with Gasteiger partial charge < -0.3 is 19.5 Å². The molecule has 2 unspecified atom stereocenters. The van der Waals surface area contributed by atoms with E-state index < -0.39 is 16.5 Å². The number of unbranched alkanes of at least 4 members (excludes halogenated alkanes) is 15. The van der Waals surface area contributed by atoms with E-state index in [0.29, 0.717) is 6.61 Å². The van der Waals surface area contributed by atoms with Crippen LogP contribution in [0.15, 0.2) is 0 Å². The van der Waals surface area contributed by atoms with E-state index >= 15 is 0 Å². The normalized spacial score (nSPS) is 12.6. The monoisotopic (exact) mass is 438 g/mol. The van der Waals surface area contributed by atoms with Crippen LogP contribution in [0.1, 0.15) is 110 Å². The summed E-state index contributed by atoms with van der Waals surface area (Å²) in [4.78, 5) is 17.0. The summed E-state index contributed by atoms with van der Waals surface area (Å²) in [6.07, 6.45) is 22.2. The van der Waals surface area contributed by atoms with E-state index in [1.54, 1.807) is 0 Å². The van der Waals surface area contributed by atoms with Crippen molar-refractivity contribution in [2.24, 2.45) is 0 Å². The minimum absolute atomic E-state index is 0. The predicted octanol–water partition coefficient (Wildman–Crippen LogP) is 2.38. The molecule has 0 aromatic carbocycles. The van der Waals surface area contributed by atoms with Crippen molar-refractivity contribution in [3.8, 4) is 0 Å². The van der Waals surface area contributed by atoms with Crippen LogP contribution in [0.5, 0.6) is 0 Å². The summed E-state index contributed by atoms with van der Waals surface area (Å²) in [5.74, 6) is 0. The van der Waals surface area contributed by atoms with Crippen molar-refractivity contribution in [1.82, 2.24) is 0 Å². The number of aliphatic hydroxyl groups excluding tert-OH is 1. The minimum atomic E-state index is -3.45. The van der Waals surface area contributed by atoms with E-state index in [9.17, 15) is 14.0 Å².